The first-order chi connectivity index (χ1) is 5.24. The average molecular weight is 154 g/mol. The van der Waals surface area contributed by atoms with E-state index in [1.807, 2.05) is 0 Å². The van der Waals surface area contributed by atoms with Crippen LogP contribution in [0.5, 0.6) is 0 Å². The monoisotopic (exact) mass is 154 g/mol. The van der Waals surface area contributed by atoms with E-state index >= 15 is 0 Å². The summed E-state index contributed by atoms with van der Waals surface area (Å²) in [4.78, 5) is 4.40. The van der Waals surface area contributed by atoms with Gasteiger partial charge in [-0.1, -0.05) is 26.7 Å². The Morgan fingerprint density at radius 2 is 2.36 bits per heavy atom. The van der Waals surface area contributed by atoms with Crippen LogP contribution in [0.15, 0.2) is 4.99 Å². The highest BCUT2D eigenvalue weighted by Gasteiger charge is 2.22. The van der Waals surface area contributed by atoms with Gasteiger partial charge in [0.25, 0.3) is 0 Å². The molecule has 2 N–H and O–H groups in total. The van der Waals surface area contributed by atoms with Crippen molar-refractivity contribution in [2.45, 2.75) is 45.6 Å². The van der Waals surface area contributed by atoms with Crippen LogP contribution in [0.4, 0.5) is 0 Å². The van der Waals surface area contributed by atoms with Crippen molar-refractivity contribution >= 4 is 5.84 Å². The molecule has 1 aliphatic heterocycles. The maximum atomic E-state index is 5.64. The minimum atomic E-state index is 0.523. The van der Waals surface area contributed by atoms with Gasteiger partial charge in [0.1, 0.15) is 0 Å². The first-order valence-corrected chi connectivity index (χ1v) is 4.56. The van der Waals surface area contributed by atoms with E-state index < -0.39 is 0 Å². The maximum Gasteiger partial charge on any atom is 0.0944 e. The lowest BCUT2D eigenvalue weighted by molar-refractivity contribution is 0.461. The smallest absolute Gasteiger partial charge is 0.0944 e. The predicted octanol–water partition coefficient (Wildman–Crippen LogP) is 1.94. The van der Waals surface area contributed by atoms with Gasteiger partial charge in [0.2, 0.25) is 0 Å². The molecule has 0 saturated heterocycles. The molecule has 1 heterocycles. The van der Waals surface area contributed by atoms with Crippen molar-refractivity contribution in [3.05, 3.63) is 0 Å². The number of amidine groups is 1. The molecule has 0 aromatic carbocycles. The highest BCUT2D eigenvalue weighted by Crippen LogP contribution is 2.23. The zero-order chi connectivity index (χ0) is 8.27. The van der Waals surface area contributed by atoms with Gasteiger partial charge in [-0.15, -0.1) is 0 Å². The number of aliphatic imine (C=N–C) groups is 1. The van der Waals surface area contributed by atoms with Crippen LogP contribution >= 0.6 is 0 Å². The fraction of sp³-hybridized carbons (Fsp3) is 0.889. The molecule has 0 bridgehead atoms. The Hall–Kier alpha value is -0.530. The quantitative estimate of drug-likeness (QED) is 0.663. The average Bonchev–Trinajstić information content (AvgIpc) is 2.26. The Morgan fingerprint density at radius 3 is 2.82 bits per heavy atom. The molecule has 0 saturated carbocycles. The lowest BCUT2D eigenvalue weighted by Crippen LogP contribution is -2.10. The van der Waals surface area contributed by atoms with Crippen LogP contribution in [0.3, 0.4) is 0 Å². The van der Waals surface area contributed by atoms with Gasteiger partial charge in [0.15, 0.2) is 0 Å². The second-order valence-electron chi connectivity index (χ2n) is 3.51. The molecule has 0 radical (unpaired) electrons. The molecule has 0 unspecified atom stereocenters. The Labute approximate surface area is 68.9 Å². The Morgan fingerprint density at radius 1 is 1.64 bits per heavy atom. The first kappa shape index (κ1) is 8.57. The van der Waals surface area contributed by atoms with Gasteiger partial charge in [0, 0.05) is 6.42 Å². The summed E-state index contributed by atoms with van der Waals surface area (Å²) in [5, 5.41) is 0. The number of unbranched alkanes of at least 4 members (excludes halogenated alkanes) is 1. The van der Waals surface area contributed by atoms with Crippen LogP contribution in [-0.4, -0.2) is 11.9 Å². The molecule has 11 heavy (non-hydrogen) atoms. The van der Waals surface area contributed by atoms with E-state index in [2.05, 4.69) is 18.8 Å². The fourth-order valence-electron chi connectivity index (χ4n) is 1.62. The van der Waals surface area contributed by atoms with E-state index in [1.165, 1.54) is 19.3 Å². The predicted molar refractivity (Wildman–Crippen MR) is 48.7 cm³/mol. The summed E-state index contributed by atoms with van der Waals surface area (Å²) >= 11 is 0. The van der Waals surface area contributed by atoms with Gasteiger partial charge in [0.05, 0.1) is 11.9 Å². The van der Waals surface area contributed by atoms with Crippen LogP contribution < -0.4 is 5.73 Å². The van der Waals surface area contributed by atoms with Crippen LogP contribution in [0.2, 0.25) is 0 Å². The third kappa shape index (κ3) is 2.21. The maximum absolute atomic E-state index is 5.64. The van der Waals surface area contributed by atoms with Crippen LogP contribution in [0, 0.1) is 5.92 Å². The second kappa shape index (κ2) is 3.74. The highest BCUT2D eigenvalue weighted by molar-refractivity contribution is 5.82. The summed E-state index contributed by atoms with van der Waals surface area (Å²) in [6.07, 6.45) is 4.77. The fourth-order valence-corrected chi connectivity index (χ4v) is 1.62. The van der Waals surface area contributed by atoms with Crippen molar-refractivity contribution in [2.24, 2.45) is 16.6 Å². The van der Waals surface area contributed by atoms with E-state index in [0.29, 0.717) is 12.0 Å². The Kier molecular flexibility index (Phi) is 2.92. The molecule has 2 nitrogen and oxygen atoms in total. The molecule has 64 valence electrons. The van der Waals surface area contributed by atoms with E-state index in [9.17, 15) is 0 Å². The standard InChI is InChI=1S/C9H18N2/c1-3-4-5-8-7(2)6-9(10)11-8/h7-8H,3-6H2,1-2H3,(H2,10,11)/t7-,8+/m0/s1. The summed E-state index contributed by atoms with van der Waals surface area (Å²) in [7, 11) is 0. The number of nitrogens with zero attached hydrogens (tertiary/aromatic N) is 1. The third-order valence-electron chi connectivity index (χ3n) is 2.37. The second-order valence-corrected chi connectivity index (χ2v) is 3.51. The topological polar surface area (TPSA) is 38.4 Å². The van der Waals surface area contributed by atoms with Gasteiger partial charge >= 0.3 is 0 Å². The number of rotatable bonds is 3. The molecular formula is C9H18N2. The van der Waals surface area contributed by atoms with Crippen molar-refractivity contribution in [1.82, 2.24) is 0 Å². The molecule has 0 aromatic rings. The van der Waals surface area contributed by atoms with Crippen molar-refractivity contribution in [3.63, 3.8) is 0 Å². The van der Waals surface area contributed by atoms with E-state index in [-0.39, 0.29) is 0 Å². The SMILES string of the molecule is CCCC[C@H]1N=C(N)C[C@@H]1C. The van der Waals surface area contributed by atoms with E-state index in [0.717, 1.165) is 12.3 Å². The van der Waals surface area contributed by atoms with Crippen molar-refractivity contribution in [1.29, 1.82) is 0 Å². The minimum absolute atomic E-state index is 0.523. The van der Waals surface area contributed by atoms with Crippen LogP contribution in [-0.2, 0) is 0 Å². The van der Waals surface area contributed by atoms with E-state index in [4.69, 9.17) is 5.73 Å². The van der Waals surface area contributed by atoms with Crippen molar-refractivity contribution in [3.8, 4) is 0 Å². The normalized spacial score (nSPS) is 30.5. The number of nitrogens with two attached hydrogens (primary N) is 1. The summed E-state index contributed by atoms with van der Waals surface area (Å²) < 4.78 is 0. The molecule has 2 heteroatoms. The lowest BCUT2D eigenvalue weighted by Gasteiger charge is -2.11. The summed E-state index contributed by atoms with van der Waals surface area (Å²) in [5.74, 6) is 1.54. The van der Waals surface area contributed by atoms with Crippen molar-refractivity contribution < 1.29 is 0 Å². The Balaban J connectivity index is 2.33. The zero-order valence-corrected chi connectivity index (χ0v) is 7.51. The summed E-state index contributed by atoms with van der Waals surface area (Å²) in [6.45, 7) is 4.45. The number of hydrogen-bond donors (Lipinski definition) is 1. The largest absolute Gasteiger partial charge is 0.387 e. The lowest BCUT2D eigenvalue weighted by atomic mass is 9.97. The van der Waals surface area contributed by atoms with Crippen LogP contribution in [0.1, 0.15) is 39.5 Å². The van der Waals surface area contributed by atoms with Crippen LogP contribution in [0.25, 0.3) is 0 Å². The molecule has 0 aliphatic carbocycles. The van der Waals surface area contributed by atoms with Gasteiger partial charge in [-0.05, 0) is 12.3 Å². The number of hydrogen-bond acceptors (Lipinski definition) is 2. The van der Waals surface area contributed by atoms with Gasteiger partial charge in [-0.25, -0.2) is 0 Å². The Bertz CT molecular complexity index is 152. The summed E-state index contributed by atoms with van der Waals surface area (Å²) in [6, 6.07) is 0.523. The van der Waals surface area contributed by atoms with Gasteiger partial charge < -0.3 is 5.73 Å². The third-order valence-corrected chi connectivity index (χ3v) is 2.37. The molecule has 0 spiro atoms. The first-order valence-electron chi connectivity index (χ1n) is 4.56. The zero-order valence-electron chi connectivity index (χ0n) is 7.51. The highest BCUT2D eigenvalue weighted by atomic mass is 14.9. The molecule has 0 fully saturated rings. The summed E-state index contributed by atoms with van der Waals surface area (Å²) in [5.41, 5.74) is 5.64. The molecule has 1 rings (SSSR count). The minimum Gasteiger partial charge on any atom is -0.387 e. The molecule has 2 atom stereocenters. The molecular weight excluding hydrogens is 136 g/mol. The molecule has 1 aliphatic rings. The molecule has 0 aromatic heterocycles. The van der Waals surface area contributed by atoms with Gasteiger partial charge in [-0.2, -0.15) is 0 Å². The van der Waals surface area contributed by atoms with Gasteiger partial charge in [-0.3, -0.25) is 4.99 Å². The van der Waals surface area contributed by atoms with E-state index in [1.54, 1.807) is 0 Å². The van der Waals surface area contributed by atoms with Crippen molar-refractivity contribution in [2.75, 3.05) is 0 Å². The molecule has 0 amide bonds.